The fraction of sp³-hybridized carbons (Fsp3) is 0.444. The van der Waals surface area contributed by atoms with Gasteiger partial charge in [-0.25, -0.2) is 8.78 Å². The molecular formula is C9H10F2N2O3. The van der Waals surface area contributed by atoms with Crippen molar-refractivity contribution in [2.45, 2.75) is 25.8 Å². The number of nitrogens with zero attached hydrogens (tertiary/aromatic N) is 2. The second kappa shape index (κ2) is 4.82. The molecular weight excluding hydrogens is 222 g/mol. The first-order valence-corrected chi connectivity index (χ1v) is 4.57. The summed E-state index contributed by atoms with van der Waals surface area (Å²) < 4.78 is 25.2. The summed E-state index contributed by atoms with van der Waals surface area (Å²) in [6.07, 6.45) is -1.80. The molecule has 0 saturated carbocycles. The van der Waals surface area contributed by atoms with Crippen LogP contribution in [0.15, 0.2) is 23.1 Å². The molecule has 0 aromatic carbocycles. The van der Waals surface area contributed by atoms with E-state index in [0.29, 0.717) is 0 Å². The van der Waals surface area contributed by atoms with Gasteiger partial charge in [0.15, 0.2) is 0 Å². The third kappa shape index (κ3) is 2.62. The van der Waals surface area contributed by atoms with E-state index in [4.69, 9.17) is 0 Å². The van der Waals surface area contributed by atoms with E-state index in [-0.39, 0.29) is 0 Å². The summed E-state index contributed by atoms with van der Waals surface area (Å²) in [5.74, 6) is 0. The van der Waals surface area contributed by atoms with Gasteiger partial charge < -0.3 is 4.57 Å². The monoisotopic (exact) mass is 232 g/mol. The van der Waals surface area contributed by atoms with Crippen molar-refractivity contribution >= 4 is 5.69 Å². The molecule has 7 heteroatoms. The molecule has 1 unspecified atom stereocenters. The van der Waals surface area contributed by atoms with Gasteiger partial charge in [0.1, 0.15) is 0 Å². The molecule has 1 aromatic rings. The predicted molar refractivity (Wildman–Crippen MR) is 52.7 cm³/mol. The van der Waals surface area contributed by atoms with Crippen LogP contribution in [0.5, 0.6) is 0 Å². The molecule has 0 fully saturated rings. The smallest absolute Gasteiger partial charge is 0.307 e. The van der Waals surface area contributed by atoms with Crippen LogP contribution in [0.1, 0.15) is 19.4 Å². The van der Waals surface area contributed by atoms with Crippen molar-refractivity contribution in [3.8, 4) is 0 Å². The van der Waals surface area contributed by atoms with Crippen molar-refractivity contribution in [2.24, 2.45) is 0 Å². The van der Waals surface area contributed by atoms with Crippen molar-refractivity contribution in [1.82, 2.24) is 4.57 Å². The Bertz CT molecular complexity index is 445. The van der Waals surface area contributed by atoms with Crippen LogP contribution in [0.2, 0.25) is 0 Å². The highest BCUT2D eigenvalue weighted by Gasteiger charge is 2.18. The average Bonchev–Trinajstić information content (AvgIpc) is 2.16. The maximum Gasteiger partial charge on any atom is 0.334 e. The Hall–Kier alpha value is -1.79. The molecule has 0 aliphatic rings. The molecule has 88 valence electrons. The van der Waals surface area contributed by atoms with Gasteiger partial charge in [-0.3, -0.25) is 14.9 Å². The number of hydrogen-bond donors (Lipinski definition) is 0. The van der Waals surface area contributed by atoms with Crippen molar-refractivity contribution in [3.05, 3.63) is 38.8 Å². The second-order valence-corrected chi connectivity index (χ2v) is 3.34. The van der Waals surface area contributed by atoms with E-state index in [1.165, 1.54) is 19.2 Å². The molecule has 5 nitrogen and oxygen atoms in total. The Morgan fingerprint density at radius 1 is 1.56 bits per heavy atom. The summed E-state index contributed by atoms with van der Waals surface area (Å²) in [5, 5.41) is 10.5. The Balaban J connectivity index is 3.11. The largest absolute Gasteiger partial charge is 0.334 e. The third-order valence-electron chi connectivity index (χ3n) is 2.15. The molecule has 0 aliphatic carbocycles. The fourth-order valence-corrected chi connectivity index (χ4v) is 1.36. The Labute approximate surface area is 89.5 Å². The van der Waals surface area contributed by atoms with Crippen molar-refractivity contribution in [1.29, 1.82) is 0 Å². The van der Waals surface area contributed by atoms with Gasteiger partial charge in [-0.05, 0) is 13.0 Å². The third-order valence-corrected chi connectivity index (χ3v) is 2.15. The van der Waals surface area contributed by atoms with Crippen LogP contribution >= 0.6 is 0 Å². The molecule has 1 rings (SSSR count). The first-order valence-electron chi connectivity index (χ1n) is 4.57. The molecule has 0 spiro atoms. The number of alkyl halides is 2. The van der Waals surface area contributed by atoms with Gasteiger partial charge in [-0.2, -0.15) is 0 Å². The first kappa shape index (κ1) is 12.3. The maximum atomic E-state index is 12.1. The topological polar surface area (TPSA) is 65.1 Å². The van der Waals surface area contributed by atoms with Gasteiger partial charge in [0.05, 0.1) is 4.92 Å². The predicted octanol–water partition coefficient (Wildman–Crippen LogP) is 1.97. The van der Waals surface area contributed by atoms with Crippen LogP contribution < -0.4 is 5.56 Å². The molecule has 0 bridgehead atoms. The second-order valence-electron chi connectivity index (χ2n) is 3.34. The van der Waals surface area contributed by atoms with Crippen LogP contribution in [0.3, 0.4) is 0 Å². The summed E-state index contributed by atoms with van der Waals surface area (Å²) >= 11 is 0. The van der Waals surface area contributed by atoms with Gasteiger partial charge in [0.2, 0.25) is 6.43 Å². The fourth-order valence-electron chi connectivity index (χ4n) is 1.36. The van der Waals surface area contributed by atoms with E-state index in [0.717, 1.165) is 10.6 Å². The van der Waals surface area contributed by atoms with Crippen molar-refractivity contribution < 1.29 is 13.7 Å². The lowest BCUT2D eigenvalue weighted by Gasteiger charge is -2.13. The lowest BCUT2D eigenvalue weighted by Crippen LogP contribution is -2.25. The normalized spacial score (nSPS) is 12.8. The highest BCUT2D eigenvalue weighted by atomic mass is 19.3. The number of rotatable bonds is 4. The van der Waals surface area contributed by atoms with Gasteiger partial charge in [-0.15, -0.1) is 0 Å². The Morgan fingerprint density at radius 2 is 2.19 bits per heavy atom. The standard InChI is InChI=1S/C9H10F2N2O3/c1-6(5-8(10)11)12-4-2-3-7(9(12)14)13(15)16/h2-4,6,8H,5H2,1H3. The molecule has 0 radical (unpaired) electrons. The molecule has 0 N–H and O–H groups in total. The van der Waals surface area contributed by atoms with E-state index < -0.39 is 35.1 Å². The number of nitro groups is 1. The summed E-state index contributed by atoms with van der Waals surface area (Å²) in [4.78, 5) is 21.1. The molecule has 1 atom stereocenters. The minimum absolute atomic E-state index is 0.513. The van der Waals surface area contributed by atoms with Crippen LogP contribution in [-0.2, 0) is 0 Å². The SMILES string of the molecule is CC(CC(F)F)n1cccc([N+](=O)[O-])c1=O. The summed E-state index contributed by atoms with van der Waals surface area (Å²) in [6, 6.07) is 1.57. The molecule has 0 saturated heterocycles. The lowest BCUT2D eigenvalue weighted by molar-refractivity contribution is -0.386. The van der Waals surface area contributed by atoms with E-state index in [2.05, 4.69) is 0 Å². The molecule has 1 heterocycles. The quantitative estimate of drug-likeness (QED) is 0.588. The zero-order valence-corrected chi connectivity index (χ0v) is 8.47. The maximum absolute atomic E-state index is 12.1. The van der Waals surface area contributed by atoms with Crippen molar-refractivity contribution in [3.63, 3.8) is 0 Å². The van der Waals surface area contributed by atoms with Crippen LogP contribution in [0.4, 0.5) is 14.5 Å². The van der Waals surface area contributed by atoms with E-state index in [1.54, 1.807) is 0 Å². The van der Waals surface area contributed by atoms with Crippen LogP contribution in [-0.4, -0.2) is 15.9 Å². The van der Waals surface area contributed by atoms with Gasteiger partial charge in [0, 0.05) is 24.7 Å². The molecule has 0 amide bonds. The zero-order valence-electron chi connectivity index (χ0n) is 8.47. The van der Waals surface area contributed by atoms with E-state index in [9.17, 15) is 23.7 Å². The Morgan fingerprint density at radius 3 is 2.69 bits per heavy atom. The first-order chi connectivity index (χ1) is 7.43. The minimum atomic E-state index is -2.55. The number of aromatic nitrogens is 1. The van der Waals surface area contributed by atoms with E-state index in [1.807, 2.05) is 0 Å². The van der Waals surface area contributed by atoms with E-state index >= 15 is 0 Å². The van der Waals surface area contributed by atoms with Crippen LogP contribution in [0, 0.1) is 10.1 Å². The molecule has 1 aromatic heterocycles. The number of hydrogen-bond acceptors (Lipinski definition) is 3. The average molecular weight is 232 g/mol. The zero-order chi connectivity index (χ0) is 12.3. The molecule has 0 aliphatic heterocycles. The summed E-state index contributed by atoms with van der Waals surface area (Å²) in [6.45, 7) is 1.41. The highest BCUT2D eigenvalue weighted by molar-refractivity contribution is 5.25. The van der Waals surface area contributed by atoms with Gasteiger partial charge in [0.25, 0.3) is 0 Å². The van der Waals surface area contributed by atoms with Gasteiger partial charge in [-0.1, -0.05) is 0 Å². The highest BCUT2D eigenvalue weighted by Crippen LogP contribution is 2.15. The minimum Gasteiger partial charge on any atom is -0.307 e. The van der Waals surface area contributed by atoms with Crippen molar-refractivity contribution in [2.75, 3.05) is 0 Å². The van der Waals surface area contributed by atoms with Gasteiger partial charge >= 0.3 is 11.2 Å². The lowest BCUT2D eigenvalue weighted by atomic mass is 10.2. The molecule has 16 heavy (non-hydrogen) atoms. The van der Waals surface area contributed by atoms with Crippen LogP contribution in [0.25, 0.3) is 0 Å². The summed E-state index contributed by atoms with van der Waals surface area (Å²) in [5.41, 5.74) is -1.47. The number of pyridine rings is 1. The number of halogens is 2. The Kier molecular flexibility index (Phi) is 3.70. The summed E-state index contributed by atoms with van der Waals surface area (Å²) in [7, 11) is 0.